The summed E-state index contributed by atoms with van der Waals surface area (Å²) in [5.74, 6) is 1.32. The van der Waals surface area contributed by atoms with Crippen molar-refractivity contribution in [3.05, 3.63) is 53.6 Å². The van der Waals surface area contributed by atoms with Gasteiger partial charge in [0.25, 0.3) is 9.05 Å². The third-order valence-electron chi connectivity index (χ3n) is 3.00. The van der Waals surface area contributed by atoms with E-state index in [9.17, 15) is 8.42 Å². The van der Waals surface area contributed by atoms with Crippen LogP contribution in [0, 0.1) is 6.92 Å². The molecule has 2 rings (SSSR count). The Morgan fingerprint density at radius 2 is 1.86 bits per heavy atom. The van der Waals surface area contributed by atoms with Gasteiger partial charge in [-0.3, -0.25) is 0 Å². The van der Waals surface area contributed by atoms with Gasteiger partial charge in [-0.2, -0.15) is 0 Å². The fraction of sp³-hybridized carbons (Fsp3) is 0.200. The molecule has 0 unspecified atom stereocenters. The van der Waals surface area contributed by atoms with E-state index in [0.29, 0.717) is 17.9 Å². The minimum Gasteiger partial charge on any atom is -0.496 e. The van der Waals surface area contributed by atoms with E-state index < -0.39 is 9.05 Å². The van der Waals surface area contributed by atoms with Crippen molar-refractivity contribution in [3.8, 4) is 11.5 Å². The number of halogens is 1. The monoisotopic (exact) mass is 326 g/mol. The number of ether oxygens (including phenoxy) is 2. The van der Waals surface area contributed by atoms with Crippen LogP contribution in [0.3, 0.4) is 0 Å². The Bertz CT molecular complexity index is 741. The molecule has 0 spiro atoms. The summed E-state index contributed by atoms with van der Waals surface area (Å²) in [4.78, 5) is 0.0915. The lowest BCUT2D eigenvalue weighted by Crippen LogP contribution is -2.00. The standard InChI is InChI=1S/C15H15ClO4S/c1-11-9-13(7-8-15(11)21(16,17)18)20-10-12-5-3-4-6-14(12)19-2/h3-9H,10H2,1-2H3. The van der Waals surface area contributed by atoms with Crippen LogP contribution in [0.15, 0.2) is 47.4 Å². The van der Waals surface area contributed by atoms with Crippen LogP contribution in [-0.2, 0) is 15.7 Å². The van der Waals surface area contributed by atoms with E-state index >= 15 is 0 Å². The van der Waals surface area contributed by atoms with E-state index in [1.165, 1.54) is 6.07 Å². The molecule has 0 saturated heterocycles. The topological polar surface area (TPSA) is 52.6 Å². The fourth-order valence-corrected chi connectivity index (χ4v) is 3.16. The van der Waals surface area contributed by atoms with Crippen LogP contribution in [0.2, 0.25) is 0 Å². The third-order valence-corrected chi connectivity index (χ3v) is 4.48. The van der Waals surface area contributed by atoms with E-state index in [2.05, 4.69) is 0 Å². The molecule has 0 amide bonds. The molecule has 0 atom stereocenters. The molecule has 4 nitrogen and oxygen atoms in total. The maximum atomic E-state index is 11.3. The smallest absolute Gasteiger partial charge is 0.261 e. The van der Waals surface area contributed by atoms with Gasteiger partial charge in [0.2, 0.25) is 0 Å². The van der Waals surface area contributed by atoms with Gasteiger partial charge in [0.1, 0.15) is 18.1 Å². The molecule has 0 bridgehead atoms. The molecular formula is C15H15ClO4S. The molecular weight excluding hydrogens is 312 g/mol. The largest absolute Gasteiger partial charge is 0.496 e. The molecule has 0 fully saturated rings. The van der Waals surface area contributed by atoms with Gasteiger partial charge >= 0.3 is 0 Å². The van der Waals surface area contributed by atoms with Crippen molar-refractivity contribution in [2.45, 2.75) is 18.4 Å². The quantitative estimate of drug-likeness (QED) is 0.789. The minimum atomic E-state index is -3.73. The number of benzene rings is 2. The Kier molecular flexibility index (Phi) is 4.75. The molecule has 21 heavy (non-hydrogen) atoms. The molecule has 0 heterocycles. The first kappa shape index (κ1) is 15.7. The summed E-state index contributed by atoms with van der Waals surface area (Å²) >= 11 is 0. The molecule has 0 aromatic heterocycles. The lowest BCUT2D eigenvalue weighted by Gasteiger charge is -2.11. The second-order valence-corrected chi connectivity index (χ2v) is 7.00. The maximum Gasteiger partial charge on any atom is 0.261 e. The first-order valence-corrected chi connectivity index (χ1v) is 8.53. The fourth-order valence-electron chi connectivity index (χ4n) is 1.97. The van der Waals surface area contributed by atoms with Crippen molar-refractivity contribution >= 4 is 19.7 Å². The second-order valence-electron chi connectivity index (χ2n) is 4.47. The zero-order valence-corrected chi connectivity index (χ0v) is 13.2. The Morgan fingerprint density at radius 1 is 1.14 bits per heavy atom. The number of hydrogen-bond donors (Lipinski definition) is 0. The Balaban J connectivity index is 2.16. The van der Waals surface area contributed by atoms with Gasteiger partial charge in [-0.1, -0.05) is 18.2 Å². The summed E-state index contributed by atoms with van der Waals surface area (Å²) in [5.41, 5.74) is 1.45. The summed E-state index contributed by atoms with van der Waals surface area (Å²) in [6, 6.07) is 12.2. The normalized spacial score (nSPS) is 11.2. The summed E-state index contributed by atoms with van der Waals surface area (Å²) in [6.07, 6.45) is 0. The van der Waals surface area contributed by atoms with Gasteiger partial charge in [-0.25, -0.2) is 8.42 Å². The van der Waals surface area contributed by atoms with Crippen LogP contribution in [0.1, 0.15) is 11.1 Å². The van der Waals surface area contributed by atoms with Crippen molar-refractivity contribution in [2.75, 3.05) is 7.11 Å². The average molecular weight is 327 g/mol. The molecule has 0 aliphatic carbocycles. The first-order chi connectivity index (χ1) is 9.91. The highest BCUT2D eigenvalue weighted by molar-refractivity contribution is 8.13. The Labute approximate surface area is 128 Å². The molecule has 2 aromatic carbocycles. The molecule has 2 aromatic rings. The van der Waals surface area contributed by atoms with E-state index in [4.69, 9.17) is 20.2 Å². The highest BCUT2D eigenvalue weighted by Gasteiger charge is 2.13. The van der Waals surface area contributed by atoms with E-state index in [-0.39, 0.29) is 4.90 Å². The number of hydrogen-bond acceptors (Lipinski definition) is 4. The van der Waals surface area contributed by atoms with Gasteiger partial charge in [0.05, 0.1) is 12.0 Å². The summed E-state index contributed by atoms with van der Waals surface area (Å²) < 4.78 is 33.6. The van der Waals surface area contributed by atoms with E-state index in [1.807, 2.05) is 24.3 Å². The molecule has 0 radical (unpaired) electrons. The molecule has 0 aliphatic rings. The van der Waals surface area contributed by atoms with Gasteiger partial charge in [0.15, 0.2) is 0 Å². The highest BCUT2D eigenvalue weighted by atomic mass is 35.7. The number of aryl methyl sites for hydroxylation is 1. The number of rotatable bonds is 5. The summed E-state index contributed by atoms with van der Waals surface area (Å²) in [7, 11) is 3.21. The van der Waals surface area contributed by atoms with Crippen LogP contribution in [0.4, 0.5) is 0 Å². The van der Waals surface area contributed by atoms with Crippen molar-refractivity contribution in [2.24, 2.45) is 0 Å². The lowest BCUT2D eigenvalue weighted by atomic mass is 10.2. The summed E-state index contributed by atoms with van der Waals surface area (Å²) in [5, 5.41) is 0. The van der Waals surface area contributed by atoms with Crippen molar-refractivity contribution in [3.63, 3.8) is 0 Å². The first-order valence-electron chi connectivity index (χ1n) is 6.22. The number of para-hydroxylation sites is 1. The highest BCUT2D eigenvalue weighted by Crippen LogP contribution is 2.25. The van der Waals surface area contributed by atoms with Crippen molar-refractivity contribution < 1.29 is 17.9 Å². The van der Waals surface area contributed by atoms with Crippen molar-refractivity contribution in [1.82, 2.24) is 0 Å². The van der Waals surface area contributed by atoms with Crippen LogP contribution >= 0.6 is 10.7 Å². The number of methoxy groups -OCH3 is 1. The van der Waals surface area contributed by atoms with Gasteiger partial charge < -0.3 is 9.47 Å². The zero-order valence-electron chi connectivity index (χ0n) is 11.7. The van der Waals surface area contributed by atoms with Gasteiger partial charge in [-0.05, 0) is 36.8 Å². The van der Waals surface area contributed by atoms with Crippen molar-refractivity contribution in [1.29, 1.82) is 0 Å². The molecule has 112 valence electrons. The lowest BCUT2D eigenvalue weighted by molar-refractivity contribution is 0.296. The Hall–Kier alpha value is -1.72. The Morgan fingerprint density at radius 3 is 2.48 bits per heavy atom. The predicted octanol–water partition coefficient (Wildman–Crippen LogP) is 3.51. The van der Waals surface area contributed by atoms with Gasteiger partial charge in [0, 0.05) is 16.2 Å². The minimum absolute atomic E-state index is 0.0915. The third kappa shape index (κ3) is 3.89. The molecule has 0 aliphatic heterocycles. The molecule has 0 N–H and O–H groups in total. The van der Waals surface area contributed by atoms with Crippen LogP contribution in [0.5, 0.6) is 11.5 Å². The second kappa shape index (κ2) is 6.37. The van der Waals surface area contributed by atoms with Crippen LogP contribution in [0.25, 0.3) is 0 Å². The van der Waals surface area contributed by atoms with E-state index in [0.717, 1.165) is 11.3 Å². The van der Waals surface area contributed by atoms with Gasteiger partial charge in [-0.15, -0.1) is 0 Å². The van der Waals surface area contributed by atoms with E-state index in [1.54, 1.807) is 26.2 Å². The SMILES string of the molecule is COc1ccccc1COc1ccc(S(=O)(=O)Cl)c(C)c1. The molecule has 0 saturated carbocycles. The van der Waals surface area contributed by atoms with Crippen LogP contribution in [-0.4, -0.2) is 15.5 Å². The summed E-state index contributed by atoms with van der Waals surface area (Å²) in [6.45, 7) is 2.00. The maximum absolute atomic E-state index is 11.3. The molecule has 6 heteroatoms. The predicted molar refractivity (Wildman–Crippen MR) is 81.5 cm³/mol. The zero-order chi connectivity index (χ0) is 15.5. The van der Waals surface area contributed by atoms with Crippen LogP contribution < -0.4 is 9.47 Å². The average Bonchev–Trinajstić information content (AvgIpc) is 2.44.